The van der Waals surface area contributed by atoms with E-state index >= 15 is 0 Å². The SMILES string of the molecule is CCc1cccc(C)c1NC(=O)[C@H](NS(=O)(=O)c1cccc2nsnc12)c1ccccc1. The third kappa shape index (κ3) is 4.40. The largest absolute Gasteiger partial charge is 0.324 e. The van der Waals surface area contributed by atoms with Crippen LogP contribution in [0.25, 0.3) is 11.0 Å². The second-order valence-electron chi connectivity index (χ2n) is 7.30. The molecular formula is C23H22N4O3S2. The molecule has 164 valence electrons. The maximum absolute atomic E-state index is 13.4. The van der Waals surface area contributed by atoms with Crippen molar-refractivity contribution in [2.24, 2.45) is 0 Å². The van der Waals surface area contributed by atoms with Crippen molar-refractivity contribution in [2.45, 2.75) is 31.2 Å². The van der Waals surface area contributed by atoms with Crippen molar-refractivity contribution in [2.75, 3.05) is 5.32 Å². The number of fused-ring (bicyclic) bond motifs is 1. The Labute approximate surface area is 190 Å². The topological polar surface area (TPSA) is 101 Å². The zero-order valence-electron chi connectivity index (χ0n) is 17.6. The smallest absolute Gasteiger partial charge is 0.247 e. The van der Waals surface area contributed by atoms with E-state index in [0.717, 1.165) is 29.3 Å². The van der Waals surface area contributed by atoms with Crippen LogP contribution in [0.5, 0.6) is 0 Å². The van der Waals surface area contributed by atoms with E-state index in [4.69, 9.17) is 0 Å². The van der Waals surface area contributed by atoms with E-state index in [1.807, 2.05) is 38.1 Å². The Balaban J connectivity index is 1.72. The first-order chi connectivity index (χ1) is 15.4. The summed E-state index contributed by atoms with van der Waals surface area (Å²) < 4.78 is 37.5. The van der Waals surface area contributed by atoms with Crippen LogP contribution in [0.15, 0.2) is 71.6 Å². The first kappa shape index (κ1) is 22.1. The van der Waals surface area contributed by atoms with Gasteiger partial charge < -0.3 is 5.32 Å². The normalized spacial score (nSPS) is 12.6. The highest BCUT2D eigenvalue weighted by molar-refractivity contribution is 7.89. The minimum Gasteiger partial charge on any atom is -0.324 e. The summed E-state index contributed by atoms with van der Waals surface area (Å²) in [5.41, 5.74) is 3.89. The summed E-state index contributed by atoms with van der Waals surface area (Å²) >= 11 is 0.941. The van der Waals surface area contributed by atoms with Crippen LogP contribution in [-0.2, 0) is 21.2 Å². The zero-order chi connectivity index (χ0) is 22.7. The van der Waals surface area contributed by atoms with E-state index in [0.29, 0.717) is 16.8 Å². The van der Waals surface area contributed by atoms with Crippen LogP contribution in [0, 0.1) is 6.92 Å². The first-order valence-corrected chi connectivity index (χ1v) is 12.3. The molecule has 0 saturated carbocycles. The number of hydrogen-bond acceptors (Lipinski definition) is 6. The monoisotopic (exact) mass is 466 g/mol. The lowest BCUT2D eigenvalue weighted by Gasteiger charge is -2.21. The van der Waals surface area contributed by atoms with E-state index in [1.165, 1.54) is 6.07 Å². The van der Waals surface area contributed by atoms with Crippen LogP contribution in [0.4, 0.5) is 5.69 Å². The summed E-state index contributed by atoms with van der Waals surface area (Å²) in [5.74, 6) is -0.465. The van der Waals surface area contributed by atoms with Crippen molar-refractivity contribution in [3.8, 4) is 0 Å². The number of aromatic nitrogens is 2. The summed E-state index contributed by atoms with van der Waals surface area (Å²) in [7, 11) is -4.07. The number of carbonyl (C=O) groups is 1. The lowest BCUT2D eigenvalue weighted by molar-refractivity contribution is -0.117. The average molecular weight is 467 g/mol. The van der Waals surface area contributed by atoms with E-state index in [-0.39, 0.29) is 10.4 Å². The van der Waals surface area contributed by atoms with Crippen LogP contribution in [0.2, 0.25) is 0 Å². The van der Waals surface area contributed by atoms with Crippen molar-refractivity contribution in [3.05, 3.63) is 83.4 Å². The Bertz CT molecular complexity index is 1370. The predicted octanol–water partition coefficient (Wildman–Crippen LogP) is 4.22. The number of nitrogens with zero attached hydrogens (tertiary/aromatic N) is 2. The highest BCUT2D eigenvalue weighted by Gasteiger charge is 2.29. The van der Waals surface area contributed by atoms with Crippen molar-refractivity contribution in [1.29, 1.82) is 0 Å². The molecule has 0 unspecified atom stereocenters. The number of amides is 1. The number of carbonyl (C=O) groups excluding carboxylic acids is 1. The Morgan fingerprint density at radius 2 is 1.75 bits per heavy atom. The molecule has 4 rings (SSSR count). The van der Waals surface area contributed by atoms with Gasteiger partial charge in [0.05, 0.1) is 11.7 Å². The highest BCUT2D eigenvalue weighted by atomic mass is 32.2. The van der Waals surface area contributed by atoms with Gasteiger partial charge in [-0.15, -0.1) is 0 Å². The second-order valence-corrected chi connectivity index (χ2v) is 9.52. The molecule has 3 aromatic carbocycles. The van der Waals surface area contributed by atoms with Crippen LogP contribution in [0.1, 0.15) is 29.7 Å². The van der Waals surface area contributed by atoms with Gasteiger partial charge in [-0.25, -0.2) is 8.42 Å². The molecule has 0 aliphatic heterocycles. The number of benzene rings is 3. The number of aryl methyl sites for hydroxylation is 2. The molecule has 32 heavy (non-hydrogen) atoms. The van der Waals surface area contributed by atoms with E-state index in [1.54, 1.807) is 36.4 Å². The van der Waals surface area contributed by atoms with E-state index in [9.17, 15) is 13.2 Å². The molecular weight excluding hydrogens is 444 g/mol. The lowest BCUT2D eigenvalue weighted by Crippen LogP contribution is -2.37. The molecule has 1 atom stereocenters. The maximum atomic E-state index is 13.4. The van der Waals surface area contributed by atoms with Gasteiger partial charge in [-0.05, 0) is 42.2 Å². The number of rotatable bonds is 7. The molecule has 1 heterocycles. The molecule has 1 amide bonds. The zero-order valence-corrected chi connectivity index (χ0v) is 19.2. The molecule has 0 bridgehead atoms. The number of para-hydroxylation sites is 1. The Morgan fingerprint density at radius 3 is 2.50 bits per heavy atom. The van der Waals surface area contributed by atoms with Gasteiger partial charge in [-0.3, -0.25) is 4.79 Å². The highest BCUT2D eigenvalue weighted by Crippen LogP contribution is 2.26. The van der Waals surface area contributed by atoms with Crippen molar-refractivity contribution >= 4 is 44.4 Å². The fraction of sp³-hybridized carbons (Fsp3) is 0.174. The molecule has 0 spiro atoms. The fourth-order valence-electron chi connectivity index (χ4n) is 3.53. The van der Waals surface area contributed by atoms with Crippen LogP contribution in [-0.4, -0.2) is 23.1 Å². The predicted molar refractivity (Wildman–Crippen MR) is 126 cm³/mol. The van der Waals surface area contributed by atoms with Gasteiger partial charge in [0.15, 0.2) is 0 Å². The minimum atomic E-state index is -4.07. The summed E-state index contributed by atoms with van der Waals surface area (Å²) in [6.45, 7) is 3.91. The number of anilines is 1. The minimum absolute atomic E-state index is 0.0115. The van der Waals surface area contributed by atoms with E-state index in [2.05, 4.69) is 18.8 Å². The van der Waals surface area contributed by atoms with Crippen LogP contribution >= 0.6 is 11.7 Å². The molecule has 1 aromatic heterocycles. The molecule has 7 nitrogen and oxygen atoms in total. The molecule has 4 aromatic rings. The van der Waals surface area contributed by atoms with Gasteiger partial charge in [0, 0.05) is 5.69 Å². The van der Waals surface area contributed by atoms with Crippen molar-refractivity contribution in [3.63, 3.8) is 0 Å². The Hall–Kier alpha value is -3.14. The molecule has 0 radical (unpaired) electrons. The number of nitrogens with one attached hydrogen (secondary N) is 2. The number of sulfonamides is 1. The average Bonchev–Trinajstić information content (AvgIpc) is 3.28. The third-order valence-corrected chi connectivity index (χ3v) is 7.19. The van der Waals surface area contributed by atoms with Gasteiger partial charge >= 0.3 is 0 Å². The summed E-state index contributed by atoms with van der Waals surface area (Å²) in [6, 6.07) is 18.2. The third-order valence-electron chi connectivity index (χ3n) is 5.19. The van der Waals surface area contributed by atoms with Crippen LogP contribution < -0.4 is 10.0 Å². The quantitative estimate of drug-likeness (QED) is 0.425. The molecule has 0 aliphatic carbocycles. The molecule has 9 heteroatoms. The maximum Gasteiger partial charge on any atom is 0.247 e. The summed E-state index contributed by atoms with van der Waals surface area (Å²) in [5, 5.41) is 2.94. The fourth-order valence-corrected chi connectivity index (χ4v) is 5.48. The van der Waals surface area contributed by atoms with Gasteiger partial charge in [0.1, 0.15) is 22.0 Å². The standard InChI is InChI=1S/C23H22N4O3S2/c1-3-16-12-7-9-15(2)20(16)24-23(28)21(17-10-5-4-6-11-17)27-32(29,30)19-14-8-13-18-22(19)26-31-25-18/h4-14,21,27H,3H2,1-2H3,(H,24,28)/t21-/m1/s1. The van der Waals surface area contributed by atoms with Crippen LogP contribution in [0.3, 0.4) is 0 Å². The van der Waals surface area contributed by atoms with E-state index < -0.39 is 22.0 Å². The second kappa shape index (κ2) is 9.15. The van der Waals surface area contributed by atoms with Gasteiger partial charge in [-0.2, -0.15) is 13.5 Å². The van der Waals surface area contributed by atoms with Crippen molar-refractivity contribution < 1.29 is 13.2 Å². The molecule has 0 fully saturated rings. The Kier molecular flexibility index (Phi) is 6.31. The van der Waals surface area contributed by atoms with Crippen molar-refractivity contribution in [1.82, 2.24) is 13.5 Å². The molecule has 0 saturated heterocycles. The molecule has 2 N–H and O–H groups in total. The lowest BCUT2D eigenvalue weighted by atomic mass is 10.0. The number of hydrogen-bond donors (Lipinski definition) is 2. The van der Waals surface area contributed by atoms with Gasteiger partial charge in [0.2, 0.25) is 15.9 Å². The summed E-state index contributed by atoms with van der Waals surface area (Å²) in [4.78, 5) is 13.4. The van der Waals surface area contributed by atoms with Gasteiger partial charge in [0.25, 0.3) is 0 Å². The molecule has 0 aliphatic rings. The Morgan fingerprint density at radius 1 is 1.00 bits per heavy atom. The summed E-state index contributed by atoms with van der Waals surface area (Å²) in [6.07, 6.45) is 0.734. The van der Waals surface area contributed by atoms with Gasteiger partial charge in [-0.1, -0.05) is 61.5 Å². The first-order valence-electron chi connectivity index (χ1n) is 10.1.